The number of rotatable bonds is 4. The van der Waals surface area contributed by atoms with Crippen LogP contribution in [-0.2, 0) is 10.0 Å². The van der Waals surface area contributed by atoms with Crippen LogP contribution in [0.4, 0.5) is 5.69 Å². The summed E-state index contributed by atoms with van der Waals surface area (Å²) in [7, 11) is -0.830. The molecule has 0 bridgehead atoms. The number of aromatic hydroxyl groups is 1. The number of carbonyl (C=O) groups excluding carboxylic acids is 1. The van der Waals surface area contributed by atoms with Gasteiger partial charge in [-0.15, -0.1) is 0 Å². The van der Waals surface area contributed by atoms with Gasteiger partial charge in [-0.1, -0.05) is 11.6 Å². The van der Waals surface area contributed by atoms with Crippen LogP contribution in [0.1, 0.15) is 10.4 Å². The molecule has 6 nitrogen and oxygen atoms in total. The van der Waals surface area contributed by atoms with Gasteiger partial charge in [-0.25, -0.2) is 12.7 Å². The fourth-order valence-corrected chi connectivity index (χ4v) is 3.53. The van der Waals surface area contributed by atoms with Gasteiger partial charge in [0.25, 0.3) is 5.91 Å². The van der Waals surface area contributed by atoms with Crippen LogP contribution in [0.2, 0.25) is 5.02 Å². The van der Waals surface area contributed by atoms with E-state index in [4.69, 9.17) is 11.6 Å². The minimum Gasteiger partial charge on any atom is -0.506 e. The first-order chi connectivity index (χ1) is 11.1. The molecule has 0 aliphatic carbocycles. The first kappa shape index (κ1) is 19.0. The SMILES string of the molecule is CN(C)S(=O)(=O)c1ccc(I)c(C(=O)Nc2cc(Cl)ccc2O)c1. The number of anilines is 1. The van der Waals surface area contributed by atoms with Gasteiger partial charge in [0.15, 0.2) is 0 Å². The second-order valence-electron chi connectivity index (χ2n) is 5.04. The highest BCUT2D eigenvalue weighted by molar-refractivity contribution is 14.1. The van der Waals surface area contributed by atoms with Crippen LogP contribution in [0, 0.1) is 3.57 Å². The Balaban J connectivity index is 2.41. The largest absolute Gasteiger partial charge is 0.506 e. The summed E-state index contributed by atoms with van der Waals surface area (Å²) in [5.74, 6) is -0.687. The van der Waals surface area contributed by atoms with E-state index < -0.39 is 15.9 Å². The van der Waals surface area contributed by atoms with Gasteiger partial charge in [-0.2, -0.15) is 0 Å². The highest BCUT2D eigenvalue weighted by Crippen LogP contribution is 2.28. The quantitative estimate of drug-likeness (QED) is 0.520. The van der Waals surface area contributed by atoms with Crippen molar-refractivity contribution < 1.29 is 18.3 Å². The normalized spacial score (nSPS) is 11.5. The van der Waals surface area contributed by atoms with Crippen molar-refractivity contribution >= 4 is 55.8 Å². The molecule has 0 aliphatic heterocycles. The lowest BCUT2D eigenvalue weighted by Gasteiger charge is -2.14. The summed E-state index contributed by atoms with van der Waals surface area (Å²) >= 11 is 7.79. The van der Waals surface area contributed by atoms with Crippen LogP contribution in [-0.4, -0.2) is 37.8 Å². The van der Waals surface area contributed by atoms with Crippen LogP contribution in [0.25, 0.3) is 0 Å². The molecule has 1 amide bonds. The summed E-state index contributed by atoms with van der Waals surface area (Å²) in [4.78, 5) is 12.5. The number of phenols is 1. The Morgan fingerprint density at radius 3 is 2.50 bits per heavy atom. The molecule has 2 rings (SSSR count). The Morgan fingerprint density at radius 2 is 1.88 bits per heavy atom. The van der Waals surface area contributed by atoms with E-state index in [1.165, 1.54) is 44.4 Å². The van der Waals surface area contributed by atoms with Crippen molar-refractivity contribution in [1.82, 2.24) is 4.31 Å². The molecule has 24 heavy (non-hydrogen) atoms. The third-order valence-corrected chi connectivity index (χ3v) is 6.15. The van der Waals surface area contributed by atoms with Crippen molar-refractivity contribution in [3.8, 4) is 5.75 Å². The molecule has 128 valence electrons. The van der Waals surface area contributed by atoms with Crippen LogP contribution in [0.15, 0.2) is 41.3 Å². The van der Waals surface area contributed by atoms with Gasteiger partial charge in [-0.3, -0.25) is 4.79 Å². The van der Waals surface area contributed by atoms with Crippen molar-refractivity contribution in [3.05, 3.63) is 50.6 Å². The topological polar surface area (TPSA) is 86.7 Å². The minimum absolute atomic E-state index is 0.00776. The number of carbonyl (C=O) groups is 1. The second-order valence-corrected chi connectivity index (χ2v) is 8.80. The van der Waals surface area contributed by atoms with E-state index in [-0.39, 0.29) is 21.9 Å². The number of halogens is 2. The average molecular weight is 481 g/mol. The van der Waals surface area contributed by atoms with Crippen molar-refractivity contribution in [2.24, 2.45) is 0 Å². The van der Waals surface area contributed by atoms with E-state index in [1.807, 2.05) is 22.6 Å². The smallest absolute Gasteiger partial charge is 0.256 e. The molecule has 0 aromatic heterocycles. The number of nitrogens with one attached hydrogen (secondary N) is 1. The summed E-state index contributed by atoms with van der Waals surface area (Å²) in [5, 5.41) is 12.7. The van der Waals surface area contributed by atoms with E-state index in [0.29, 0.717) is 8.59 Å². The summed E-state index contributed by atoms with van der Waals surface area (Å²) in [6, 6.07) is 8.53. The van der Waals surface area contributed by atoms with Crippen molar-refractivity contribution in [2.75, 3.05) is 19.4 Å². The molecule has 0 heterocycles. The minimum atomic E-state index is -3.66. The Morgan fingerprint density at radius 1 is 1.21 bits per heavy atom. The lowest BCUT2D eigenvalue weighted by Crippen LogP contribution is -2.23. The van der Waals surface area contributed by atoms with Gasteiger partial charge in [0.05, 0.1) is 16.1 Å². The zero-order valence-electron chi connectivity index (χ0n) is 12.7. The first-order valence-corrected chi connectivity index (χ1v) is 9.54. The molecule has 2 N–H and O–H groups in total. The maximum Gasteiger partial charge on any atom is 0.256 e. The van der Waals surface area contributed by atoms with E-state index in [0.717, 1.165) is 4.31 Å². The maximum atomic E-state index is 12.5. The molecular weight excluding hydrogens is 467 g/mol. The lowest BCUT2D eigenvalue weighted by molar-refractivity contribution is 0.102. The standard InChI is InChI=1S/C15H14ClIN2O4S/c1-19(2)24(22,23)10-4-5-12(17)11(8-10)15(21)18-13-7-9(16)3-6-14(13)20/h3-8,20H,1-2H3,(H,18,21). The van der Waals surface area contributed by atoms with Crippen molar-refractivity contribution in [1.29, 1.82) is 0 Å². The Kier molecular flexibility index (Phi) is 5.74. The van der Waals surface area contributed by atoms with Gasteiger partial charge in [0.2, 0.25) is 10.0 Å². The number of nitrogens with zero attached hydrogens (tertiary/aromatic N) is 1. The second kappa shape index (κ2) is 7.26. The first-order valence-electron chi connectivity index (χ1n) is 6.65. The highest BCUT2D eigenvalue weighted by atomic mass is 127. The number of amides is 1. The Hall–Kier alpha value is -1.36. The number of sulfonamides is 1. The number of hydrogen-bond acceptors (Lipinski definition) is 4. The lowest BCUT2D eigenvalue weighted by atomic mass is 10.2. The fraction of sp³-hybridized carbons (Fsp3) is 0.133. The zero-order valence-corrected chi connectivity index (χ0v) is 16.5. The molecular formula is C15H14ClIN2O4S. The third kappa shape index (κ3) is 4.00. The number of hydrogen-bond donors (Lipinski definition) is 2. The zero-order chi connectivity index (χ0) is 18.1. The van der Waals surface area contributed by atoms with Gasteiger partial charge in [0.1, 0.15) is 5.75 Å². The van der Waals surface area contributed by atoms with Gasteiger partial charge in [-0.05, 0) is 59.0 Å². The molecule has 0 spiro atoms. The summed E-state index contributed by atoms with van der Waals surface area (Å²) in [6.45, 7) is 0. The van der Waals surface area contributed by atoms with Crippen LogP contribution in [0.5, 0.6) is 5.75 Å². The molecule has 2 aromatic carbocycles. The number of benzene rings is 2. The van der Waals surface area contributed by atoms with E-state index in [1.54, 1.807) is 6.07 Å². The summed E-state index contributed by atoms with van der Waals surface area (Å²) in [6.07, 6.45) is 0. The molecule has 0 fully saturated rings. The number of phenolic OH excluding ortho intramolecular Hbond substituents is 1. The Labute approximate surface area is 158 Å². The van der Waals surface area contributed by atoms with Gasteiger partial charge < -0.3 is 10.4 Å². The van der Waals surface area contributed by atoms with Gasteiger partial charge >= 0.3 is 0 Å². The monoisotopic (exact) mass is 480 g/mol. The third-order valence-electron chi connectivity index (χ3n) is 3.17. The molecule has 0 radical (unpaired) electrons. The van der Waals surface area contributed by atoms with Crippen LogP contribution in [0.3, 0.4) is 0 Å². The maximum absolute atomic E-state index is 12.5. The highest BCUT2D eigenvalue weighted by Gasteiger charge is 2.21. The molecule has 0 saturated heterocycles. The van der Waals surface area contributed by atoms with E-state index in [9.17, 15) is 18.3 Å². The Bertz CT molecular complexity index is 900. The predicted molar refractivity (Wildman–Crippen MR) is 101 cm³/mol. The van der Waals surface area contributed by atoms with E-state index in [2.05, 4.69) is 5.32 Å². The fourth-order valence-electron chi connectivity index (χ4n) is 1.85. The molecule has 0 aliphatic rings. The molecule has 2 aromatic rings. The van der Waals surface area contributed by atoms with Crippen molar-refractivity contribution in [3.63, 3.8) is 0 Å². The summed E-state index contributed by atoms with van der Waals surface area (Å²) in [5.41, 5.74) is 0.321. The summed E-state index contributed by atoms with van der Waals surface area (Å²) < 4.78 is 26.1. The predicted octanol–water partition coefficient (Wildman–Crippen LogP) is 3.15. The van der Waals surface area contributed by atoms with Crippen LogP contribution < -0.4 is 5.32 Å². The van der Waals surface area contributed by atoms with Crippen molar-refractivity contribution in [2.45, 2.75) is 4.90 Å². The van der Waals surface area contributed by atoms with Gasteiger partial charge in [0, 0.05) is 22.7 Å². The molecule has 0 saturated carbocycles. The average Bonchev–Trinajstić information content (AvgIpc) is 2.50. The molecule has 9 heteroatoms. The molecule has 0 atom stereocenters. The van der Waals surface area contributed by atoms with E-state index >= 15 is 0 Å². The molecule has 0 unspecified atom stereocenters. The van der Waals surface area contributed by atoms with Crippen LogP contribution >= 0.6 is 34.2 Å².